The van der Waals surface area contributed by atoms with E-state index >= 15 is 0 Å². The Bertz CT molecular complexity index is 1020. The largest absolute Gasteiger partial charge is 0.473 e. The molecule has 174 valence electrons. The van der Waals surface area contributed by atoms with Crippen LogP contribution in [0.1, 0.15) is 54.4 Å². The van der Waals surface area contributed by atoms with E-state index in [1.54, 1.807) is 0 Å². The maximum Gasteiger partial charge on any atom is 0.414 e. The number of carbonyl (C=O) groups is 2. The lowest BCUT2D eigenvalue weighted by molar-refractivity contribution is -0.159. The van der Waals surface area contributed by atoms with Gasteiger partial charge in [0.1, 0.15) is 11.4 Å². The van der Waals surface area contributed by atoms with Gasteiger partial charge in [0.25, 0.3) is 0 Å². The average molecular weight is 454 g/mol. The molecule has 0 aliphatic carbocycles. The van der Waals surface area contributed by atoms with Gasteiger partial charge in [0.05, 0.1) is 18.2 Å². The van der Waals surface area contributed by atoms with Crippen molar-refractivity contribution < 1.29 is 28.9 Å². The molecular formula is C25H27FN2O5. The predicted octanol–water partition coefficient (Wildman–Crippen LogP) is 3.89. The number of nitrogens with zero attached hydrogens (tertiary/aromatic N) is 2. The number of carboxylic acid groups (broad SMARTS) is 2. The fourth-order valence-electron chi connectivity index (χ4n) is 4.50. The third-order valence-electron chi connectivity index (χ3n) is 6.09. The zero-order chi connectivity index (χ0) is 23.8. The van der Waals surface area contributed by atoms with Crippen molar-refractivity contribution in [2.75, 3.05) is 19.6 Å². The molecule has 0 bridgehead atoms. The van der Waals surface area contributed by atoms with Crippen LogP contribution in [0.4, 0.5) is 4.39 Å². The van der Waals surface area contributed by atoms with E-state index in [0.717, 1.165) is 36.1 Å². The normalized spacial score (nSPS) is 19.6. The second kappa shape index (κ2) is 11.0. The third kappa shape index (κ3) is 5.95. The predicted molar refractivity (Wildman–Crippen MR) is 118 cm³/mol. The molecule has 0 amide bonds. The topological polar surface area (TPSA) is 111 Å². The first-order valence-electron chi connectivity index (χ1n) is 11.0. The highest BCUT2D eigenvalue weighted by atomic mass is 19.1. The number of benzene rings is 2. The highest BCUT2D eigenvalue weighted by Crippen LogP contribution is 2.45. The maximum atomic E-state index is 13.5. The van der Waals surface area contributed by atoms with E-state index in [2.05, 4.69) is 11.0 Å². The molecule has 7 nitrogen and oxygen atoms in total. The minimum atomic E-state index is -1.82. The van der Waals surface area contributed by atoms with Crippen molar-refractivity contribution in [3.05, 3.63) is 70.5 Å². The number of rotatable bonds is 5. The van der Waals surface area contributed by atoms with Gasteiger partial charge in [-0.25, -0.2) is 14.0 Å². The van der Waals surface area contributed by atoms with E-state index in [9.17, 15) is 9.65 Å². The van der Waals surface area contributed by atoms with Gasteiger partial charge in [-0.05, 0) is 86.3 Å². The van der Waals surface area contributed by atoms with Gasteiger partial charge in [-0.1, -0.05) is 24.6 Å². The molecule has 2 aromatic rings. The number of aliphatic carboxylic acids is 2. The summed E-state index contributed by atoms with van der Waals surface area (Å²) in [5.74, 6) is -3.88. The first-order chi connectivity index (χ1) is 15.9. The molecule has 2 heterocycles. The molecule has 0 radical (unpaired) electrons. The van der Waals surface area contributed by atoms with Crippen LogP contribution in [-0.4, -0.2) is 46.7 Å². The lowest BCUT2D eigenvalue weighted by atomic mass is 9.81. The van der Waals surface area contributed by atoms with Crippen LogP contribution in [-0.2, 0) is 26.5 Å². The molecule has 8 heteroatoms. The van der Waals surface area contributed by atoms with E-state index in [1.165, 1.54) is 44.5 Å². The SMILES string of the molecule is N#Cc1ccc2c(c1)COC2(CCCN1CCCCC1)c1ccc(F)cc1.O=C(O)C(=O)O. The van der Waals surface area contributed by atoms with E-state index in [1.807, 2.05) is 30.3 Å². The standard InChI is InChI=1S/C23H25FN2O.C2H2O4/c24-21-8-6-20(7-9-21)23(11-4-14-26-12-2-1-3-13-26)22-10-5-18(16-25)15-19(22)17-27-23;3-1(4)2(5)6/h5-10,15H,1-4,11-14,17H2;(H,3,4)(H,5,6). The second-order valence-corrected chi connectivity index (χ2v) is 8.22. The number of nitriles is 1. The molecule has 33 heavy (non-hydrogen) atoms. The molecule has 2 aromatic carbocycles. The molecule has 4 rings (SSSR count). The van der Waals surface area contributed by atoms with Crippen LogP contribution in [0.2, 0.25) is 0 Å². The van der Waals surface area contributed by atoms with Crippen molar-refractivity contribution in [2.24, 2.45) is 0 Å². The summed E-state index contributed by atoms with van der Waals surface area (Å²) in [5, 5.41) is 24.0. The number of likely N-dealkylation sites (tertiary alicyclic amines) is 1. The average Bonchev–Trinajstić information content (AvgIpc) is 3.19. The monoisotopic (exact) mass is 454 g/mol. The van der Waals surface area contributed by atoms with Crippen LogP contribution in [0.3, 0.4) is 0 Å². The number of halogens is 1. The molecule has 0 saturated carbocycles. The highest BCUT2D eigenvalue weighted by molar-refractivity contribution is 6.27. The number of piperidine rings is 1. The Morgan fingerprint density at radius 3 is 2.33 bits per heavy atom. The van der Waals surface area contributed by atoms with Gasteiger partial charge in [-0.2, -0.15) is 5.26 Å². The Labute approximate surface area is 192 Å². The highest BCUT2D eigenvalue weighted by Gasteiger charge is 2.41. The third-order valence-corrected chi connectivity index (χ3v) is 6.09. The summed E-state index contributed by atoms with van der Waals surface area (Å²) in [6.07, 6.45) is 5.80. The van der Waals surface area contributed by atoms with Crippen LogP contribution in [0.25, 0.3) is 0 Å². The number of ether oxygens (including phenoxy) is 1. The van der Waals surface area contributed by atoms with Crippen LogP contribution >= 0.6 is 0 Å². The Balaban J connectivity index is 0.000000454. The molecule has 1 saturated heterocycles. The summed E-state index contributed by atoms with van der Waals surface area (Å²) in [6.45, 7) is 3.93. The minimum Gasteiger partial charge on any atom is -0.473 e. The van der Waals surface area contributed by atoms with E-state index in [0.29, 0.717) is 12.2 Å². The van der Waals surface area contributed by atoms with Crippen molar-refractivity contribution in [2.45, 2.75) is 44.3 Å². The summed E-state index contributed by atoms with van der Waals surface area (Å²) in [4.78, 5) is 20.7. The molecule has 1 atom stereocenters. The fourth-order valence-corrected chi connectivity index (χ4v) is 4.50. The van der Waals surface area contributed by atoms with E-state index in [-0.39, 0.29) is 5.82 Å². The second-order valence-electron chi connectivity index (χ2n) is 8.22. The number of carboxylic acids is 2. The van der Waals surface area contributed by atoms with Gasteiger partial charge in [0, 0.05) is 0 Å². The smallest absolute Gasteiger partial charge is 0.414 e. The Kier molecular flexibility index (Phi) is 8.15. The van der Waals surface area contributed by atoms with Gasteiger partial charge in [0.15, 0.2) is 0 Å². The first kappa shape index (κ1) is 24.4. The minimum absolute atomic E-state index is 0.236. The Morgan fingerprint density at radius 1 is 1.06 bits per heavy atom. The van der Waals surface area contributed by atoms with E-state index in [4.69, 9.17) is 24.5 Å². The first-order valence-corrected chi connectivity index (χ1v) is 11.0. The van der Waals surface area contributed by atoms with Gasteiger partial charge in [0.2, 0.25) is 0 Å². The van der Waals surface area contributed by atoms with E-state index < -0.39 is 17.5 Å². The Morgan fingerprint density at radius 2 is 1.73 bits per heavy atom. The molecule has 2 N–H and O–H groups in total. The summed E-state index contributed by atoms with van der Waals surface area (Å²) >= 11 is 0. The zero-order valence-corrected chi connectivity index (χ0v) is 18.3. The van der Waals surface area contributed by atoms with Crippen LogP contribution < -0.4 is 0 Å². The van der Waals surface area contributed by atoms with Crippen molar-refractivity contribution in [1.29, 1.82) is 5.26 Å². The number of fused-ring (bicyclic) bond motifs is 1. The lowest BCUT2D eigenvalue weighted by Gasteiger charge is -2.32. The number of hydrogen-bond acceptors (Lipinski definition) is 5. The molecule has 2 aliphatic heterocycles. The molecule has 0 aromatic heterocycles. The van der Waals surface area contributed by atoms with Gasteiger partial charge < -0.3 is 19.8 Å². The fraction of sp³-hybridized carbons (Fsp3) is 0.400. The molecule has 1 unspecified atom stereocenters. The van der Waals surface area contributed by atoms with Crippen molar-refractivity contribution in [3.8, 4) is 6.07 Å². The molecular weight excluding hydrogens is 427 g/mol. The van der Waals surface area contributed by atoms with Crippen molar-refractivity contribution in [3.63, 3.8) is 0 Å². The van der Waals surface area contributed by atoms with Crippen LogP contribution in [0.15, 0.2) is 42.5 Å². The Hall–Kier alpha value is -3.28. The van der Waals surface area contributed by atoms with Gasteiger partial charge >= 0.3 is 11.9 Å². The van der Waals surface area contributed by atoms with Gasteiger partial charge in [-0.3, -0.25) is 0 Å². The van der Waals surface area contributed by atoms with Gasteiger partial charge in [-0.15, -0.1) is 0 Å². The quantitative estimate of drug-likeness (QED) is 0.659. The molecule has 1 fully saturated rings. The van der Waals surface area contributed by atoms with Crippen molar-refractivity contribution in [1.82, 2.24) is 4.90 Å². The molecule has 2 aliphatic rings. The molecule has 0 spiro atoms. The zero-order valence-electron chi connectivity index (χ0n) is 18.3. The van der Waals surface area contributed by atoms with Crippen LogP contribution in [0, 0.1) is 17.1 Å². The van der Waals surface area contributed by atoms with Crippen LogP contribution in [0.5, 0.6) is 0 Å². The maximum absolute atomic E-state index is 13.5. The number of hydrogen-bond donors (Lipinski definition) is 2. The van der Waals surface area contributed by atoms with Crippen molar-refractivity contribution >= 4 is 11.9 Å². The lowest BCUT2D eigenvalue weighted by Crippen LogP contribution is -2.33. The summed E-state index contributed by atoms with van der Waals surface area (Å²) in [6, 6.07) is 14.7. The summed E-state index contributed by atoms with van der Waals surface area (Å²) in [5.41, 5.74) is 3.28. The summed E-state index contributed by atoms with van der Waals surface area (Å²) in [7, 11) is 0. The summed E-state index contributed by atoms with van der Waals surface area (Å²) < 4.78 is 19.9.